The molecule has 1 aromatic carbocycles. The van der Waals surface area contributed by atoms with Crippen molar-refractivity contribution in [1.29, 1.82) is 0 Å². The van der Waals surface area contributed by atoms with E-state index in [-0.39, 0.29) is 11.9 Å². The lowest BCUT2D eigenvalue weighted by Gasteiger charge is -2.43. The van der Waals surface area contributed by atoms with Crippen LogP contribution >= 0.6 is 23.2 Å². The lowest BCUT2D eigenvalue weighted by Crippen LogP contribution is -2.53. The van der Waals surface area contributed by atoms with E-state index in [1.165, 1.54) is 12.8 Å². The summed E-state index contributed by atoms with van der Waals surface area (Å²) in [5.74, 6) is 0.0209. The van der Waals surface area contributed by atoms with E-state index in [0.717, 1.165) is 25.9 Å². The summed E-state index contributed by atoms with van der Waals surface area (Å²) in [4.78, 5) is 17.2. The summed E-state index contributed by atoms with van der Waals surface area (Å²) in [5.41, 5.74) is 0.603. The summed E-state index contributed by atoms with van der Waals surface area (Å²) in [6.07, 6.45) is 4.64. The van der Waals surface area contributed by atoms with E-state index >= 15 is 0 Å². The molecule has 1 saturated carbocycles. The molecule has 1 aliphatic rings. The van der Waals surface area contributed by atoms with Gasteiger partial charge in [-0.1, -0.05) is 49.9 Å². The Morgan fingerprint density at radius 3 is 2.26 bits per heavy atom. The van der Waals surface area contributed by atoms with Gasteiger partial charge >= 0.3 is 0 Å². The standard InChI is InChI=1S/C18H26Cl2N2O/c1-4-22(5-2)17-9-7-6-8-16(17)21(3)18(23)13-10-11-14(19)15(20)12-13/h10-12,16-17H,4-9H2,1-3H3. The molecule has 2 atom stereocenters. The first-order valence-corrected chi connectivity index (χ1v) is 9.21. The van der Waals surface area contributed by atoms with Gasteiger partial charge in [-0.15, -0.1) is 0 Å². The molecule has 3 nitrogen and oxygen atoms in total. The molecule has 0 aromatic heterocycles. The van der Waals surface area contributed by atoms with Gasteiger partial charge in [0, 0.05) is 24.7 Å². The molecular weight excluding hydrogens is 331 g/mol. The third-order valence-corrected chi connectivity index (χ3v) is 5.70. The molecule has 0 aliphatic heterocycles. The molecule has 1 fully saturated rings. The Hall–Kier alpha value is -0.770. The first-order chi connectivity index (χ1) is 11.0. The maximum atomic E-state index is 12.9. The van der Waals surface area contributed by atoms with Crippen molar-refractivity contribution in [3.63, 3.8) is 0 Å². The molecule has 1 aromatic rings. The minimum Gasteiger partial charge on any atom is -0.337 e. The van der Waals surface area contributed by atoms with Crippen LogP contribution in [0, 0.1) is 0 Å². The van der Waals surface area contributed by atoms with Gasteiger partial charge in [-0.2, -0.15) is 0 Å². The van der Waals surface area contributed by atoms with Gasteiger partial charge in [0.25, 0.3) is 5.91 Å². The van der Waals surface area contributed by atoms with E-state index in [1.807, 2.05) is 11.9 Å². The second-order valence-electron chi connectivity index (χ2n) is 6.19. The van der Waals surface area contributed by atoms with Gasteiger partial charge in [0.15, 0.2) is 0 Å². The molecule has 5 heteroatoms. The van der Waals surface area contributed by atoms with Gasteiger partial charge in [-0.3, -0.25) is 9.69 Å². The minimum atomic E-state index is 0.0209. The van der Waals surface area contributed by atoms with Crippen LogP contribution in [0.2, 0.25) is 10.0 Å². The topological polar surface area (TPSA) is 23.6 Å². The van der Waals surface area contributed by atoms with Crippen LogP contribution in [0.3, 0.4) is 0 Å². The van der Waals surface area contributed by atoms with E-state index in [4.69, 9.17) is 23.2 Å². The van der Waals surface area contributed by atoms with E-state index in [9.17, 15) is 4.79 Å². The lowest BCUT2D eigenvalue weighted by atomic mass is 9.87. The Balaban J connectivity index is 2.19. The Labute approximate surface area is 149 Å². The molecule has 23 heavy (non-hydrogen) atoms. The summed E-state index contributed by atoms with van der Waals surface area (Å²) in [5, 5.41) is 0.902. The molecule has 0 saturated heterocycles. The highest BCUT2D eigenvalue weighted by Gasteiger charge is 2.33. The van der Waals surface area contributed by atoms with Crippen LogP contribution in [0.4, 0.5) is 0 Å². The highest BCUT2D eigenvalue weighted by molar-refractivity contribution is 6.42. The molecule has 0 heterocycles. The monoisotopic (exact) mass is 356 g/mol. The summed E-state index contributed by atoms with van der Waals surface area (Å²) in [6, 6.07) is 5.80. The van der Waals surface area contributed by atoms with Crippen molar-refractivity contribution in [2.45, 2.75) is 51.6 Å². The van der Waals surface area contributed by atoms with Gasteiger partial charge < -0.3 is 4.90 Å². The van der Waals surface area contributed by atoms with Gasteiger partial charge in [0.1, 0.15) is 0 Å². The SMILES string of the molecule is CCN(CC)C1CCCCC1N(C)C(=O)c1ccc(Cl)c(Cl)c1. The van der Waals surface area contributed by atoms with Crippen LogP contribution in [-0.2, 0) is 0 Å². The molecule has 0 N–H and O–H groups in total. The first-order valence-electron chi connectivity index (χ1n) is 8.45. The van der Waals surface area contributed by atoms with Crippen LogP contribution in [0.25, 0.3) is 0 Å². The number of carbonyl (C=O) groups excluding carboxylic acids is 1. The Bertz CT molecular complexity index is 546. The fourth-order valence-corrected chi connectivity index (χ4v) is 3.94. The Morgan fingerprint density at radius 2 is 1.70 bits per heavy atom. The van der Waals surface area contributed by atoms with Crippen molar-refractivity contribution in [3.8, 4) is 0 Å². The molecule has 1 amide bonds. The number of amides is 1. The number of nitrogens with zero attached hydrogens (tertiary/aromatic N) is 2. The predicted molar refractivity (Wildman–Crippen MR) is 97.5 cm³/mol. The molecule has 2 rings (SSSR count). The van der Waals surface area contributed by atoms with Crippen LogP contribution < -0.4 is 0 Å². The van der Waals surface area contributed by atoms with Crippen molar-refractivity contribution < 1.29 is 4.79 Å². The van der Waals surface area contributed by atoms with Crippen LogP contribution in [-0.4, -0.2) is 47.9 Å². The van der Waals surface area contributed by atoms with Crippen molar-refractivity contribution in [2.24, 2.45) is 0 Å². The predicted octanol–water partition coefficient (Wildman–Crippen LogP) is 4.72. The average molecular weight is 357 g/mol. The molecule has 0 bridgehead atoms. The third-order valence-electron chi connectivity index (χ3n) is 4.96. The van der Waals surface area contributed by atoms with Gasteiger partial charge in [-0.25, -0.2) is 0 Å². The number of hydrogen-bond acceptors (Lipinski definition) is 2. The van der Waals surface area contributed by atoms with Gasteiger partial charge in [-0.05, 0) is 44.1 Å². The van der Waals surface area contributed by atoms with Crippen molar-refractivity contribution >= 4 is 29.1 Å². The minimum absolute atomic E-state index is 0.0209. The molecular formula is C18H26Cl2N2O. The fourth-order valence-electron chi connectivity index (χ4n) is 3.65. The molecule has 1 aliphatic carbocycles. The Kier molecular flexibility index (Phi) is 6.75. The highest BCUT2D eigenvalue weighted by atomic mass is 35.5. The van der Waals surface area contributed by atoms with E-state index in [2.05, 4.69) is 18.7 Å². The van der Waals surface area contributed by atoms with E-state index in [0.29, 0.717) is 21.7 Å². The summed E-state index contributed by atoms with van der Waals surface area (Å²) in [6.45, 7) is 6.42. The number of halogens is 2. The average Bonchev–Trinajstić information content (AvgIpc) is 2.57. The number of carbonyl (C=O) groups is 1. The van der Waals surface area contributed by atoms with Crippen molar-refractivity contribution in [1.82, 2.24) is 9.80 Å². The quantitative estimate of drug-likeness (QED) is 0.761. The third kappa shape index (κ3) is 4.20. The second-order valence-corrected chi connectivity index (χ2v) is 7.00. The lowest BCUT2D eigenvalue weighted by molar-refractivity contribution is 0.0465. The smallest absolute Gasteiger partial charge is 0.253 e. The summed E-state index contributed by atoms with van der Waals surface area (Å²) >= 11 is 12.0. The Morgan fingerprint density at radius 1 is 1.09 bits per heavy atom. The normalized spacial score (nSPS) is 21.5. The maximum Gasteiger partial charge on any atom is 0.253 e. The van der Waals surface area contributed by atoms with E-state index in [1.54, 1.807) is 18.2 Å². The number of hydrogen-bond donors (Lipinski definition) is 0. The molecule has 0 spiro atoms. The fraction of sp³-hybridized carbons (Fsp3) is 0.611. The zero-order valence-electron chi connectivity index (χ0n) is 14.2. The van der Waals surface area contributed by atoms with Gasteiger partial charge in [0.2, 0.25) is 0 Å². The number of likely N-dealkylation sites (N-methyl/N-ethyl adjacent to an activating group) is 2. The van der Waals surface area contributed by atoms with Crippen molar-refractivity contribution in [2.75, 3.05) is 20.1 Å². The van der Waals surface area contributed by atoms with Gasteiger partial charge in [0.05, 0.1) is 10.0 Å². The van der Waals surface area contributed by atoms with Crippen LogP contribution in [0.5, 0.6) is 0 Å². The number of rotatable bonds is 5. The van der Waals surface area contributed by atoms with Crippen LogP contribution in [0.15, 0.2) is 18.2 Å². The summed E-state index contributed by atoms with van der Waals surface area (Å²) in [7, 11) is 1.91. The largest absolute Gasteiger partial charge is 0.337 e. The molecule has 0 radical (unpaired) electrons. The zero-order chi connectivity index (χ0) is 17.0. The van der Waals surface area contributed by atoms with Crippen LogP contribution in [0.1, 0.15) is 49.9 Å². The van der Waals surface area contributed by atoms with Crippen molar-refractivity contribution in [3.05, 3.63) is 33.8 Å². The second kappa shape index (κ2) is 8.36. The highest BCUT2D eigenvalue weighted by Crippen LogP contribution is 2.29. The molecule has 2 unspecified atom stereocenters. The van der Waals surface area contributed by atoms with E-state index < -0.39 is 0 Å². The first kappa shape index (κ1) is 18.6. The molecule has 128 valence electrons. The maximum absolute atomic E-state index is 12.9. The zero-order valence-corrected chi connectivity index (χ0v) is 15.7. The number of benzene rings is 1. The summed E-state index contributed by atoms with van der Waals surface area (Å²) < 4.78 is 0.